The van der Waals surface area contributed by atoms with Gasteiger partial charge in [0.05, 0.1) is 24.7 Å². The highest BCUT2D eigenvalue weighted by Gasteiger charge is 2.15. The van der Waals surface area contributed by atoms with Gasteiger partial charge in [0.1, 0.15) is 0 Å². The van der Waals surface area contributed by atoms with Gasteiger partial charge in [0, 0.05) is 41.5 Å². The van der Waals surface area contributed by atoms with Crippen LogP contribution in [0.3, 0.4) is 0 Å². The highest BCUT2D eigenvalue weighted by atomic mass is 16.5. The van der Waals surface area contributed by atoms with Crippen molar-refractivity contribution in [3.63, 3.8) is 0 Å². The molecule has 8 nitrogen and oxygen atoms in total. The van der Waals surface area contributed by atoms with Crippen molar-refractivity contribution in [3.8, 4) is 17.1 Å². The zero-order valence-corrected chi connectivity index (χ0v) is 21.2. The lowest BCUT2D eigenvalue weighted by Gasteiger charge is -2.19. The van der Waals surface area contributed by atoms with Crippen molar-refractivity contribution in [2.75, 3.05) is 17.7 Å². The number of fused-ring (bicyclic) bond motifs is 1. The number of rotatable bonds is 6. The first-order valence-electron chi connectivity index (χ1n) is 11.9. The van der Waals surface area contributed by atoms with Gasteiger partial charge in [0.2, 0.25) is 5.88 Å². The van der Waals surface area contributed by atoms with E-state index < -0.39 is 0 Å². The summed E-state index contributed by atoms with van der Waals surface area (Å²) in [6.07, 6.45) is 7.17. The Hall–Kier alpha value is -4.72. The molecule has 186 valence electrons. The Morgan fingerprint density at radius 3 is 2.49 bits per heavy atom. The van der Waals surface area contributed by atoms with Gasteiger partial charge in [-0.3, -0.25) is 4.79 Å². The van der Waals surface area contributed by atoms with Crippen molar-refractivity contribution in [2.45, 2.75) is 26.2 Å². The summed E-state index contributed by atoms with van der Waals surface area (Å²) in [5.41, 5.74) is 5.52. The number of amides is 1. The Bertz CT molecular complexity index is 1550. The Labute approximate surface area is 215 Å². The molecule has 0 radical (unpaired) electrons. The molecule has 0 spiro atoms. The molecule has 37 heavy (non-hydrogen) atoms. The van der Waals surface area contributed by atoms with Gasteiger partial charge in [-0.25, -0.2) is 15.0 Å². The molecule has 3 heterocycles. The average molecular weight is 493 g/mol. The summed E-state index contributed by atoms with van der Waals surface area (Å²) in [4.78, 5) is 26.4. The third-order valence-electron chi connectivity index (χ3n) is 6.01. The van der Waals surface area contributed by atoms with Crippen LogP contribution in [0.2, 0.25) is 0 Å². The standard InChI is InChI=1S/C29H28N6O2/c1-29(2,3)21-10-8-19(9-11-21)28(36)33-22-7-5-6-20(16-22)24-18-35-15-14-30-27(35)26(34-24)32-23-12-13-25(37-4)31-17-23/h5-18H,1-4H3,(H,32,34)(H,33,36). The first-order valence-corrected chi connectivity index (χ1v) is 11.9. The SMILES string of the molecule is COc1ccc(Nc2nc(-c3cccc(NC(=O)c4ccc(C(C)(C)C)cc4)c3)cn3ccnc23)cn1. The Kier molecular flexibility index (Phi) is 6.31. The summed E-state index contributed by atoms with van der Waals surface area (Å²) in [6.45, 7) is 6.45. The highest BCUT2D eigenvalue weighted by molar-refractivity contribution is 6.04. The van der Waals surface area contributed by atoms with Gasteiger partial charge in [-0.1, -0.05) is 45.0 Å². The van der Waals surface area contributed by atoms with Crippen molar-refractivity contribution >= 4 is 28.7 Å². The van der Waals surface area contributed by atoms with Gasteiger partial charge in [0.25, 0.3) is 5.91 Å². The summed E-state index contributed by atoms with van der Waals surface area (Å²) < 4.78 is 7.05. The van der Waals surface area contributed by atoms with Crippen LogP contribution in [0.1, 0.15) is 36.7 Å². The molecule has 0 saturated heterocycles. The van der Waals surface area contributed by atoms with E-state index in [2.05, 4.69) is 41.4 Å². The van der Waals surface area contributed by atoms with Crippen LogP contribution in [-0.4, -0.2) is 32.4 Å². The molecule has 5 rings (SSSR count). The fraction of sp³-hybridized carbons (Fsp3) is 0.172. The maximum Gasteiger partial charge on any atom is 0.255 e. The molecule has 8 heteroatoms. The van der Waals surface area contributed by atoms with E-state index in [4.69, 9.17) is 9.72 Å². The van der Waals surface area contributed by atoms with E-state index in [0.717, 1.165) is 16.9 Å². The van der Waals surface area contributed by atoms with Crippen LogP contribution in [0.5, 0.6) is 5.88 Å². The number of aromatic nitrogens is 4. The molecule has 3 aromatic heterocycles. The fourth-order valence-corrected chi connectivity index (χ4v) is 3.95. The summed E-state index contributed by atoms with van der Waals surface area (Å²) >= 11 is 0. The van der Waals surface area contributed by atoms with Crippen LogP contribution in [0.4, 0.5) is 17.2 Å². The number of anilines is 3. The number of nitrogens with one attached hydrogen (secondary N) is 2. The molecule has 0 aliphatic carbocycles. The number of hydrogen-bond acceptors (Lipinski definition) is 6. The normalized spacial score (nSPS) is 11.4. The number of nitrogens with zero attached hydrogens (tertiary/aromatic N) is 4. The topological polar surface area (TPSA) is 93.4 Å². The number of imidazole rings is 1. The summed E-state index contributed by atoms with van der Waals surface area (Å²) in [6, 6.07) is 19.0. The number of carbonyl (C=O) groups excluding carboxylic acids is 1. The number of methoxy groups -OCH3 is 1. The second kappa shape index (κ2) is 9.73. The summed E-state index contributed by atoms with van der Waals surface area (Å²) in [5, 5.41) is 6.30. The largest absolute Gasteiger partial charge is 0.481 e. The van der Waals surface area contributed by atoms with Crippen LogP contribution < -0.4 is 15.4 Å². The molecule has 0 unspecified atom stereocenters. The molecule has 0 aliphatic rings. The van der Waals surface area contributed by atoms with E-state index >= 15 is 0 Å². The quantitative estimate of drug-likeness (QED) is 0.298. The molecule has 5 aromatic rings. The molecule has 0 aliphatic heterocycles. The average Bonchev–Trinajstić information content (AvgIpc) is 3.38. The van der Waals surface area contributed by atoms with E-state index in [1.54, 1.807) is 25.6 Å². The van der Waals surface area contributed by atoms with Gasteiger partial charge in [-0.2, -0.15) is 0 Å². The number of pyridine rings is 1. The number of hydrogen-bond donors (Lipinski definition) is 2. The lowest BCUT2D eigenvalue weighted by molar-refractivity contribution is 0.102. The van der Waals surface area contributed by atoms with Crippen LogP contribution in [0.15, 0.2) is 85.5 Å². The Morgan fingerprint density at radius 2 is 1.78 bits per heavy atom. The number of carbonyl (C=O) groups is 1. The molecule has 0 fully saturated rings. The van der Waals surface area contributed by atoms with Crippen LogP contribution in [-0.2, 0) is 5.41 Å². The van der Waals surface area contributed by atoms with Gasteiger partial charge < -0.3 is 19.8 Å². The minimum absolute atomic E-state index is 0.0320. The van der Waals surface area contributed by atoms with E-state index in [0.29, 0.717) is 28.6 Å². The third kappa shape index (κ3) is 5.28. The monoisotopic (exact) mass is 492 g/mol. The first-order chi connectivity index (χ1) is 17.8. The predicted octanol–water partition coefficient (Wildman–Crippen LogP) is 6.09. The highest BCUT2D eigenvalue weighted by Crippen LogP contribution is 2.27. The molecular formula is C29H28N6O2. The molecule has 0 saturated carbocycles. The lowest BCUT2D eigenvalue weighted by atomic mass is 9.87. The van der Waals surface area contributed by atoms with E-state index in [1.165, 1.54) is 5.56 Å². The molecular weight excluding hydrogens is 464 g/mol. The predicted molar refractivity (Wildman–Crippen MR) is 146 cm³/mol. The number of ether oxygens (including phenoxy) is 1. The minimum atomic E-state index is -0.162. The summed E-state index contributed by atoms with van der Waals surface area (Å²) in [5.74, 6) is 0.954. The van der Waals surface area contributed by atoms with Crippen molar-refractivity contribution < 1.29 is 9.53 Å². The molecule has 2 N–H and O–H groups in total. The molecule has 0 atom stereocenters. The third-order valence-corrected chi connectivity index (χ3v) is 6.01. The fourth-order valence-electron chi connectivity index (χ4n) is 3.95. The second-order valence-corrected chi connectivity index (χ2v) is 9.71. The Balaban J connectivity index is 1.40. The second-order valence-electron chi connectivity index (χ2n) is 9.71. The first kappa shape index (κ1) is 24.0. The van der Waals surface area contributed by atoms with Crippen LogP contribution in [0.25, 0.3) is 16.9 Å². The van der Waals surface area contributed by atoms with E-state index in [1.807, 2.05) is 71.4 Å². The number of benzene rings is 2. The van der Waals surface area contributed by atoms with Crippen LogP contribution in [0, 0.1) is 0 Å². The molecule has 2 aromatic carbocycles. The van der Waals surface area contributed by atoms with Crippen LogP contribution >= 0.6 is 0 Å². The van der Waals surface area contributed by atoms with Gasteiger partial charge in [-0.15, -0.1) is 0 Å². The van der Waals surface area contributed by atoms with Crippen molar-refractivity contribution in [1.82, 2.24) is 19.4 Å². The van der Waals surface area contributed by atoms with E-state index in [9.17, 15) is 4.79 Å². The van der Waals surface area contributed by atoms with Gasteiger partial charge in [0.15, 0.2) is 11.5 Å². The summed E-state index contributed by atoms with van der Waals surface area (Å²) in [7, 11) is 1.58. The molecule has 0 bridgehead atoms. The van der Waals surface area contributed by atoms with E-state index in [-0.39, 0.29) is 11.3 Å². The van der Waals surface area contributed by atoms with Crippen molar-refractivity contribution in [1.29, 1.82) is 0 Å². The van der Waals surface area contributed by atoms with Gasteiger partial charge in [-0.05, 0) is 41.3 Å². The van der Waals surface area contributed by atoms with Crippen molar-refractivity contribution in [2.24, 2.45) is 0 Å². The zero-order valence-electron chi connectivity index (χ0n) is 21.2. The smallest absolute Gasteiger partial charge is 0.255 e. The minimum Gasteiger partial charge on any atom is -0.481 e. The lowest BCUT2D eigenvalue weighted by Crippen LogP contribution is -2.14. The Morgan fingerprint density at radius 1 is 0.973 bits per heavy atom. The zero-order chi connectivity index (χ0) is 26.0. The molecule has 1 amide bonds. The van der Waals surface area contributed by atoms with Gasteiger partial charge >= 0.3 is 0 Å². The maximum atomic E-state index is 12.9. The van der Waals surface area contributed by atoms with Crippen molar-refractivity contribution in [3.05, 3.63) is 96.6 Å². The maximum absolute atomic E-state index is 12.9.